The average molecular weight is 1060 g/mol. The molecule has 0 unspecified atom stereocenters. The molecule has 0 saturated heterocycles. The van der Waals surface area contributed by atoms with Crippen LogP contribution >= 0.6 is 11.6 Å². The quantitative estimate of drug-likeness (QED) is 0.0926. The SMILES string of the molecule is Cn1cc(-c2cc(Oc3ccc(NC(=O)Nc4cc(C(C)(C)C)nn4-c4ccc(F)cc4)c(F)c3)ccn2)cn1.Cn1cc(-c2cc(Oc3ccc(NC(=O)Nc4cc(Cl)ccc4-c4ccccc4)c(F)c3)ccn2)cn1. The standard InChI is InChI=1S/C29H27F2N7O2.C28H21ClFN5O2/c1-29(2,3)26-15-27(38(36-26)20-7-5-19(30)6-8-20)35-28(39)34-24-10-9-21(13-23(24)31)40-22-11-12-32-25(14-22)18-16-33-37(4)17-18;1-35-17-19(16-32-35)26-15-22(11-12-31-26)37-21-8-10-25(24(30)14-21)33-28(36)34-27-13-20(29)7-9-23(27)18-5-3-2-4-6-18/h5-17H,1-4H3,(H2,34,35,39);2-17H,1H3,(H2,33,34,36). The van der Waals surface area contributed by atoms with E-state index in [1.807, 2.05) is 83.7 Å². The van der Waals surface area contributed by atoms with Crippen LogP contribution in [0, 0.1) is 17.5 Å². The number of hydrogen-bond acceptors (Lipinski definition) is 9. The molecule has 77 heavy (non-hydrogen) atoms. The molecule has 0 aliphatic heterocycles. The lowest BCUT2D eigenvalue weighted by Gasteiger charge is -2.14. The van der Waals surface area contributed by atoms with Gasteiger partial charge in [0.25, 0.3) is 0 Å². The van der Waals surface area contributed by atoms with Crippen molar-refractivity contribution in [2.45, 2.75) is 26.2 Å². The van der Waals surface area contributed by atoms with Gasteiger partial charge in [-0.3, -0.25) is 24.6 Å². The smallest absolute Gasteiger partial charge is 0.324 e. The van der Waals surface area contributed by atoms with Crippen molar-refractivity contribution in [1.29, 1.82) is 0 Å². The largest absolute Gasteiger partial charge is 0.457 e. The number of aromatic nitrogens is 8. The summed E-state index contributed by atoms with van der Waals surface area (Å²) in [6.45, 7) is 5.95. The lowest BCUT2D eigenvalue weighted by molar-refractivity contribution is 0.261. The van der Waals surface area contributed by atoms with Crippen LogP contribution in [0.15, 0.2) is 177 Å². The van der Waals surface area contributed by atoms with Crippen molar-refractivity contribution in [3.8, 4) is 62.3 Å². The number of rotatable bonds is 12. The zero-order valence-electron chi connectivity index (χ0n) is 42.0. The van der Waals surface area contributed by atoms with E-state index in [9.17, 15) is 22.8 Å². The van der Waals surface area contributed by atoms with E-state index < -0.39 is 23.7 Å². The fraction of sp³-hybridized carbons (Fsp3) is 0.105. The second kappa shape index (κ2) is 22.8. The first-order valence-corrected chi connectivity index (χ1v) is 24.1. The van der Waals surface area contributed by atoms with Gasteiger partial charge in [0.05, 0.1) is 52.2 Å². The van der Waals surface area contributed by atoms with Gasteiger partial charge in [0.1, 0.15) is 46.3 Å². The van der Waals surface area contributed by atoms with E-state index in [1.54, 1.807) is 101 Å². The molecule has 10 rings (SSSR count). The van der Waals surface area contributed by atoms with Crippen LogP contribution in [0.2, 0.25) is 5.02 Å². The molecule has 4 N–H and O–H groups in total. The Morgan fingerprint density at radius 1 is 0.558 bits per heavy atom. The molecule has 0 fully saturated rings. The molecular formula is C57H48ClF3N12O4. The second-order valence-corrected chi connectivity index (χ2v) is 18.8. The number of hydrogen-bond donors (Lipinski definition) is 4. The highest BCUT2D eigenvalue weighted by Gasteiger charge is 2.22. The van der Waals surface area contributed by atoms with E-state index in [0.29, 0.717) is 50.8 Å². The number of nitrogens with one attached hydrogen (secondary N) is 4. The molecule has 0 saturated carbocycles. The van der Waals surface area contributed by atoms with Crippen LogP contribution in [0.5, 0.6) is 23.0 Å². The summed E-state index contributed by atoms with van der Waals surface area (Å²) in [7, 11) is 3.63. The number of aryl methyl sites for hydroxylation is 2. The predicted molar refractivity (Wildman–Crippen MR) is 290 cm³/mol. The van der Waals surface area contributed by atoms with Crippen LogP contribution in [0.1, 0.15) is 26.5 Å². The number of nitrogens with zero attached hydrogens (tertiary/aromatic N) is 8. The number of anilines is 4. The fourth-order valence-corrected chi connectivity index (χ4v) is 7.79. The maximum Gasteiger partial charge on any atom is 0.324 e. The van der Waals surface area contributed by atoms with Gasteiger partial charge in [-0.2, -0.15) is 15.3 Å². The maximum absolute atomic E-state index is 14.9. The third-order valence-electron chi connectivity index (χ3n) is 11.4. The fourth-order valence-electron chi connectivity index (χ4n) is 7.62. The normalized spacial score (nSPS) is 11.0. The molecule has 16 nitrogen and oxygen atoms in total. The Balaban J connectivity index is 0.000000188. The number of halogens is 4. The summed E-state index contributed by atoms with van der Waals surface area (Å²) in [5.41, 5.74) is 6.10. The van der Waals surface area contributed by atoms with Gasteiger partial charge >= 0.3 is 12.1 Å². The molecule has 4 amide bonds. The van der Waals surface area contributed by atoms with E-state index >= 15 is 0 Å². The zero-order chi connectivity index (χ0) is 54.2. The number of pyridine rings is 2. The van der Waals surface area contributed by atoms with Gasteiger partial charge < -0.3 is 25.4 Å². The summed E-state index contributed by atoms with van der Waals surface area (Å²) < 4.78 is 59.7. The van der Waals surface area contributed by atoms with Crippen molar-refractivity contribution in [1.82, 2.24) is 39.3 Å². The number of carbonyl (C=O) groups is 2. The minimum Gasteiger partial charge on any atom is -0.457 e. The molecule has 0 atom stereocenters. The number of ether oxygens (including phenoxy) is 2. The third-order valence-corrected chi connectivity index (χ3v) is 11.7. The van der Waals surface area contributed by atoms with Crippen molar-refractivity contribution in [3.05, 3.63) is 205 Å². The van der Waals surface area contributed by atoms with E-state index in [2.05, 4.69) is 46.5 Å². The average Bonchev–Trinajstić information content (AvgIpc) is 4.17. The second-order valence-electron chi connectivity index (χ2n) is 18.3. The monoisotopic (exact) mass is 1060 g/mol. The topological polar surface area (TPSA) is 180 Å². The van der Waals surface area contributed by atoms with Gasteiger partial charge in [0.2, 0.25) is 0 Å². The Labute approximate surface area is 445 Å². The van der Waals surface area contributed by atoms with Crippen molar-refractivity contribution in [3.63, 3.8) is 0 Å². The number of urea groups is 2. The maximum atomic E-state index is 14.9. The summed E-state index contributed by atoms with van der Waals surface area (Å²) in [6.07, 6.45) is 10.2. The van der Waals surface area contributed by atoms with Crippen molar-refractivity contribution >= 4 is 46.5 Å². The lowest BCUT2D eigenvalue weighted by Crippen LogP contribution is -2.22. The number of benzene rings is 5. The van der Waals surface area contributed by atoms with Crippen LogP contribution in [0.4, 0.5) is 45.6 Å². The van der Waals surface area contributed by atoms with Gasteiger partial charge in [0, 0.05) is 96.3 Å². The van der Waals surface area contributed by atoms with Gasteiger partial charge in [-0.15, -0.1) is 0 Å². The van der Waals surface area contributed by atoms with Crippen LogP contribution in [-0.2, 0) is 19.5 Å². The number of amides is 4. The summed E-state index contributed by atoms with van der Waals surface area (Å²) in [5.74, 6) is 0.0946. The van der Waals surface area contributed by atoms with Crippen LogP contribution < -0.4 is 30.7 Å². The molecule has 0 bridgehead atoms. The molecule has 0 aliphatic carbocycles. The summed E-state index contributed by atoms with van der Waals surface area (Å²) >= 11 is 6.15. The Morgan fingerprint density at radius 3 is 1.58 bits per heavy atom. The molecule has 0 aliphatic rings. The van der Waals surface area contributed by atoms with Crippen molar-refractivity contribution in [2.75, 3.05) is 21.3 Å². The highest BCUT2D eigenvalue weighted by atomic mass is 35.5. The molecule has 0 spiro atoms. The third kappa shape index (κ3) is 13.3. The van der Waals surface area contributed by atoms with E-state index in [-0.39, 0.29) is 34.1 Å². The van der Waals surface area contributed by atoms with Crippen molar-refractivity contribution in [2.24, 2.45) is 14.1 Å². The molecular weight excluding hydrogens is 1010 g/mol. The van der Waals surface area contributed by atoms with Crippen LogP contribution in [0.3, 0.4) is 0 Å². The van der Waals surface area contributed by atoms with E-state index in [0.717, 1.165) is 22.3 Å². The first kappa shape index (κ1) is 52.1. The summed E-state index contributed by atoms with van der Waals surface area (Å²) in [4.78, 5) is 34.2. The predicted octanol–water partition coefficient (Wildman–Crippen LogP) is 14.1. The van der Waals surface area contributed by atoms with E-state index in [4.69, 9.17) is 21.1 Å². The van der Waals surface area contributed by atoms with Crippen LogP contribution in [0.25, 0.3) is 39.3 Å². The molecule has 0 radical (unpaired) electrons. The van der Waals surface area contributed by atoms with Gasteiger partial charge in [-0.25, -0.2) is 27.4 Å². The Kier molecular flexibility index (Phi) is 15.4. The molecule has 5 aromatic heterocycles. The minimum atomic E-state index is -0.684. The number of carbonyl (C=O) groups excluding carboxylic acids is 2. The molecule has 388 valence electrons. The minimum absolute atomic E-state index is 0.00100. The molecule has 5 heterocycles. The Morgan fingerprint density at radius 2 is 1.08 bits per heavy atom. The highest BCUT2D eigenvalue weighted by molar-refractivity contribution is 6.31. The van der Waals surface area contributed by atoms with E-state index in [1.165, 1.54) is 41.1 Å². The highest BCUT2D eigenvalue weighted by Crippen LogP contribution is 2.33. The van der Waals surface area contributed by atoms with Crippen molar-refractivity contribution < 1.29 is 32.2 Å². The zero-order valence-corrected chi connectivity index (χ0v) is 42.7. The van der Waals surface area contributed by atoms with Gasteiger partial charge in [0.15, 0.2) is 0 Å². The molecule has 10 aromatic rings. The molecule has 20 heteroatoms. The lowest BCUT2D eigenvalue weighted by atomic mass is 9.92. The Bertz CT molecular complexity index is 3730. The Hall–Kier alpha value is -9.75. The van der Waals surface area contributed by atoms with Crippen LogP contribution in [-0.4, -0.2) is 51.4 Å². The van der Waals surface area contributed by atoms with Gasteiger partial charge in [-0.05, 0) is 78.4 Å². The summed E-state index contributed by atoms with van der Waals surface area (Å²) in [5, 5.41) is 23.9. The summed E-state index contributed by atoms with van der Waals surface area (Å²) in [6, 6.07) is 36.1. The first-order chi connectivity index (χ1) is 37.0. The first-order valence-electron chi connectivity index (χ1n) is 23.7. The van der Waals surface area contributed by atoms with Gasteiger partial charge in [-0.1, -0.05) is 68.8 Å². The molecule has 5 aromatic carbocycles.